The summed E-state index contributed by atoms with van der Waals surface area (Å²) in [6.45, 7) is 1.62. The zero-order chi connectivity index (χ0) is 10.3. The molecule has 0 radical (unpaired) electrons. The van der Waals surface area contributed by atoms with Gasteiger partial charge in [0.1, 0.15) is 0 Å². The number of aromatic nitrogens is 1. The molecule has 1 aromatic rings. The van der Waals surface area contributed by atoms with Crippen LogP contribution in [0, 0.1) is 0 Å². The van der Waals surface area contributed by atoms with E-state index in [0.29, 0.717) is 5.01 Å². The lowest BCUT2D eigenvalue weighted by atomic mass is 10.0. The molecule has 1 aliphatic rings. The number of nitrogens with zero attached hydrogens (tertiary/aromatic N) is 2. The zero-order valence-electron chi connectivity index (χ0n) is 7.51. The fourth-order valence-electron chi connectivity index (χ4n) is 1.46. The first-order valence-electron chi connectivity index (χ1n) is 4.18. The maximum atomic E-state index is 12.2. The third-order valence-corrected chi connectivity index (χ3v) is 3.23. The van der Waals surface area contributed by atoms with Crippen LogP contribution in [-0.2, 0) is 6.18 Å². The van der Waals surface area contributed by atoms with E-state index >= 15 is 0 Å². The molecule has 1 fully saturated rings. The molecule has 1 saturated heterocycles. The lowest BCUT2D eigenvalue weighted by Crippen LogP contribution is -2.41. The van der Waals surface area contributed by atoms with Crippen molar-refractivity contribution in [1.82, 2.24) is 9.88 Å². The van der Waals surface area contributed by atoms with Crippen LogP contribution in [0.3, 0.4) is 0 Å². The largest absolute Gasteiger partial charge is 0.434 e. The van der Waals surface area contributed by atoms with Crippen LogP contribution in [0.5, 0.6) is 0 Å². The fourth-order valence-corrected chi connectivity index (χ4v) is 2.37. The lowest BCUT2D eigenvalue weighted by Gasteiger charge is -2.34. The first kappa shape index (κ1) is 9.92. The molecule has 0 aliphatic carbocycles. The minimum absolute atomic E-state index is 0.195. The van der Waals surface area contributed by atoms with E-state index in [1.165, 1.54) is 0 Å². The first-order valence-corrected chi connectivity index (χ1v) is 5.06. The third kappa shape index (κ3) is 1.76. The number of likely N-dealkylation sites (N-methyl/N-ethyl adjacent to an activating group) is 1. The Hall–Kier alpha value is -0.620. The summed E-state index contributed by atoms with van der Waals surface area (Å²) in [6, 6.07) is 0. The predicted molar refractivity (Wildman–Crippen MR) is 47.4 cm³/mol. The molecule has 0 saturated carbocycles. The van der Waals surface area contributed by atoms with Gasteiger partial charge >= 0.3 is 6.18 Å². The number of alkyl halides is 3. The Labute approximate surface area is 83.4 Å². The molecular weight excluding hydrogens is 213 g/mol. The average Bonchev–Trinajstić information content (AvgIpc) is 2.45. The van der Waals surface area contributed by atoms with Crippen LogP contribution in [-0.4, -0.2) is 30.0 Å². The molecule has 0 unspecified atom stereocenters. The Bertz CT molecular complexity index is 328. The van der Waals surface area contributed by atoms with Crippen molar-refractivity contribution in [1.29, 1.82) is 0 Å². The Morgan fingerprint density at radius 1 is 1.50 bits per heavy atom. The maximum Gasteiger partial charge on any atom is 0.434 e. The van der Waals surface area contributed by atoms with Crippen molar-refractivity contribution in [3.63, 3.8) is 0 Å². The summed E-state index contributed by atoms with van der Waals surface area (Å²) < 4.78 is 36.6. The van der Waals surface area contributed by atoms with Crippen LogP contribution in [0.25, 0.3) is 0 Å². The van der Waals surface area contributed by atoms with E-state index in [4.69, 9.17) is 0 Å². The molecule has 0 amide bonds. The van der Waals surface area contributed by atoms with Crippen LogP contribution in [0.4, 0.5) is 13.2 Å². The topological polar surface area (TPSA) is 16.1 Å². The Morgan fingerprint density at radius 2 is 2.14 bits per heavy atom. The van der Waals surface area contributed by atoms with Crippen LogP contribution in [0.15, 0.2) is 5.38 Å². The van der Waals surface area contributed by atoms with E-state index in [2.05, 4.69) is 9.88 Å². The van der Waals surface area contributed by atoms with Gasteiger partial charge in [-0.2, -0.15) is 13.2 Å². The number of likely N-dealkylation sites (tertiary alicyclic amines) is 1. The van der Waals surface area contributed by atoms with Crippen LogP contribution in [0.1, 0.15) is 16.6 Å². The molecule has 78 valence electrons. The summed E-state index contributed by atoms with van der Waals surface area (Å²) in [5.41, 5.74) is -0.757. The van der Waals surface area contributed by atoms with Gasteiger partial charge in [0.15, 0.2) is 5.69 Å². The molecule has 2 heterocycles. The Kier molecular flexibility index (Phi) is 2.27. The highest BCUT2D eigenvalue weighted by atomic mass is 32.1. The van der Waals surface area contributed by atoms with Gasteiger partial charge in [-0.15, -0.1) is 11.3 Å². The van der Waals surface area contributed by atoms with Gasteiger partial charge in [-0.05, 0) is 7.05 Å². The molecule has 1 aliphatic heterocycles. The van der Waals surface area contributed by atoms with Gasteiger partial charge in [-0.1, -0.05) is 0 Å². The zero-order valence-corrected chi connectivity index (χ0v) is 8.32. The molecule has 0 aromatic carbocycles. The van der Waals surface area contributed by atoms with Crippen LogP contribution in [0.2, 0.25) is 0 Å². The van der Waals surface area contributed by atoms with Gasteiger partial charge in [0.05, 0.1) is 5.01 Å². The highest BCUT2D eigenvalue weighted by Gasteiger charge is 2.36. The summed E-state index contributed by atoms with van der Waals surface area (Å²) in [5.74, 6) is 0.195. The molecular formula is C8H9F3N2S. The molecule has 14 heavy (non-hydrogen) atoms. The Balaban J connectivity index is 2.11. The highest BCUT2D eigenvalue weighted by molar-refractivity contribution is 7.09. The average molecular weight is 222 g/mol. The second-order valence-corrected chi connectivity index (χ2v) is 4.38. The summed E-state index contributed by atoms with van der Waals surface area (Å²) in [4.78, 5) is 5.66. The lowest BCUT2D eigenvalue weighted by molar-refractivity contribution is -0.140. The van der Waals surface area contributed by atoms with E-state index < -0.39 is 11.9 Å². The smallest absolute Gasteiger partial charge is 0.305 e. The standard InChI is InChI=1S/C8H9F3N2S/c1-13-2-5(3-13)7-12-6(4-14-7)8(9,10)11/h4-5H,2-3H2,1H3. The second-order valence-electron chi connectivity index (χ2n) is 3.49. The molecule has 2 rings (SSSR count). The molecule has 0 atom stereocenters. The van der Waals surface area contributed by atoms with E-state index in [1.807, 2.05) is 7.05 Å². The monoisotopic (exact) mass is 222 g/mol. The number of rotatable bonds is 1. The summed E-state index contributed by atoms with van der Waals surface area (Å²) in [5, 5.41) is 1.70. The van der Waals surface area contributed by atoms with Gasteiger partial charge in [-0.25, -0.2) is 4.98 Å². The quantitative estimate of drug-likeness (QED) is 0.724. The van der Waals surface area contributed by atoms with Crippen LogP contribution < -0.4 is 0 Å². The van der Waals surface area contributed by atoms with Crippen molar-refractivity contribution >= 4 is 11.3 Å². The third-order valence-electron chi connectivity index (χ3n) is 2.23. The molecule has 0 N–H and O–H groups in total. The maximum absolute atomic E-state index is 12.2. The predicted octanol–water partition coefficient (Wildman–Crippen LogP) is 2.19. The summed E-state index contributed by atoms with van der Waals surface area (Å²) >= 11 is 1.10. The van der Waals surface area contributed by atoms with Gasteiger partial charge in [0.25, 0.3) is 0 Å². The van der Waals surface area contributed by atoms with Gasteiger partial charge in [-0.3, -0.25) is 0 Å². The second kappa shape index (κ2) is 3.20. The SMILES string of the molecule is CN1CC(c2nc(C(F)(F)F)cs2)C1. The van der Waals surface area contributed by atoms with E-state index in [1.54, 1.807) is 0 Å². The first-order chi connectivity index (χ1) is 6.47. The minimum Gasteiger partial charge on any atom is -0.305 e. The Morgan fingerprint density at radius 3 is 2.57 bits per heavy atom. The summed E-state index contributed by atoms with van der Waals surface area (Å²) in [6.07, 6.45) is -4.30. The van der Waals surface area contributed by atoms with Crippen molar-refractivity contribution in [2.24, 2.45) is 0 Å². The van der Waals surface area contributed by atoms with E-state index in [0.717, 1.165) is 29.8 Å². The van der Waals surface area contributed by atoms with E-state index in [9.17, 15) is 13.2 Å². The van der Waals surface area contributed by atoms with Crippen molar-refractivity contribution in [2.45, 2.75) is 12.1 Å². The van der Waals surface area contributed by atoms with Gasteiger partial charge in [0, 0.05) is 24.4 Å². The normalized spacial score (nSPS) is 19.7. The van der Waals surface area contributed by atoms with Crippen molar-refractivity contribution in [3.8, 4) is 0 Å². The molecule has 0 spiro atoms. The molecule has 2 nitrogen and oxygen atoms in total. The van der Waals surface area contributed by atoms with Gasteiger partial charge < -0.3 is 4.90 Å². The molecule has 0 bridgehead atoms. The molecule has 6 heteroatoms. The van der Waals surface area contributed by atoms with E-state index in [-0.39, 0.29) is 5.92 Å². The number of halogens is 3. The number of hydrogen-bond acceptors (Lipinski definition) is 3. The van der Waals surface area contributed by atoms with Gasteiger partial charge in [0.2, 0.25) is 0 Å². The fraction of sp³-hybridized carbons (Fsp3) is 0.625. The number of hydrogen-bond donors (Lipinski definition) is 0. The summed E-state index contributed by atoms with van der Waals surface area (Å²) in [7, 11) is 1.94. The highest BCUT2D eigenvalue weighted by Crippen LogP contribution is 2.34. The van der Waals surface area contributed by atoms with Crippen molar-refractivity contribution in [3.05, 3.63) is 16.1 Å². The number of thiazole rings is 1. The molecule has 1 aromatic heterocycles. The van der Waals surface area contributed by atoms with Crippen molar-refractivity contribution in [2.75, 3.05) is 20.1 Å². The minimum atomic E-state index is -4.30. The van der Waals surface area contributed by atoms with Crippen molar-refractivity contribution < 1.29 is 13.2 Å². The van der Waals surface area contributed by atoms with Crippen LogP contribution >= 0.6 is 11.3 Å².